The number of aryl methyl sites for hydroxylation is 2. The second kappa shape index (κ2) is 9.79. The fourth-order valence-corrected chi connectivity index (χ4v) is 4.56. The standard InChI is InChI=1S/C25H36N6O/c1-19-17-21(5-7-23(19)30-13-9-28(3)10-14-30)26-25(32)27-22-6-8-24(20(2)18-22)31-15-11-29(4)12-16-31/h5-8,17-18H,9-16H2,1-4H3,(H2,26,27,32). The van der Waals surface area contributed by atoms with Gasteiger partial charge in [-0.25, -0.2) is 4.79 Å². The summed E-state index contributed by atoms with van der Waals surface area (Å²) in [5, 5.41) is 5.96. The summed E-state index contributed by atoms with van der Waals surface area (Å²) in [6.07, 6.45) is 0. The Labute approximate surface area is 192 Å². The van der Waals surface area contributed by atoms with Crippen molar-refractivity contribution in [3.05, 3.63) is 47.5 Å². The van der Waals surface area contributed by atoms with Crippen LogP contribution in [0, 0.1) is 13.8 Å². The Morgan fingerprint density at radius 1 is 0.656 bits per heavy atom. The second-order valence-electron chi connectivity index (χ2n) is 9.16. The fourth-order valence-electron chi connectivity index (χ4n) is 4.56. The van der Waals surface area contributed by atoms with Crippen LogP contribution in [-0.2, 0) is 0 Å². The van der Waals surface area contributed by atoms with E-state index < -0.39 is 0 Å². The highest BCUT2D eigenvalue weighted by Crippen LogP contribution is 2.26. The number of likely N-dealkylation sites (N-methyl/N-ethyl adjacent to an activating group) is 2. The minimum Gasteiger partial charge on any atom is -0.369 e. The monoisotopic (exact) mass is 436 g/mol. The van der Waals surface area contributed by atoms with Gasteiger partial charge in [-0.1, -0.05) is 0 Å². The van der Waals surface area contributed by atoms with Gasteiger partial charge in [0.25, 0.3) is 0 Å². The van der Waals surface area contributed by atoms with Crippen LogP contribution < -0.4 is 20.4 Å². The van der Waals surface area contributed by atoms with Crippen molar-refractivity contribution in [1.29, 1.82) is 0 Å². The lowest BCUT2D eigenvalue weighted by Gasteiger charge is -2.35. The third-order valence-electron chi connectivity index (χ3n) is 6.60. The summed E-state index contributed by atoms with van der Waals surface area (Å²) in [5.74, 6) is 0. The first-order valence-corrected chi connectivity index (χ1v) is 11.6. The van der Waals surface area contributed by atoms with Crippen LogP contribution in [0.2, 0.25) is 0 Å². The predicted octanol–water partition coefficient (Wildman–Crippen LogP) is 3.45. The summed E-state index contributed by atoms with van der Waals surface area (Å²) >= 11 is 0. The molecule has 7 nitrogen and oxygen atoms in total. The van der Waals surface area contributed by atoms with Crippen molar-refractivity contribution in [2.45, 2.75) is 13.8 Å². The van der Waals surface area contributed by atoms with E-state index >= 15 is 0 Å². The maximum atomic E-state index is 12.6. The number of nitrogens with one attached hydrogen (secondary N) is 2. The zero-order chi connectivity index (χ0) is 22.7. The van der Waals surface area contributed by atoms with Crippen molar-refractivity contribution in [3.63, 3.8) is 0 Å². The maximum absolute atomic E-state index is 12.6. The van der Waals surface area contributed by atoms with Gasteiger partial charge >= 0.3 is 6.03 Å². The van der Waals surface area contributed by atoms with Crippen molar-refractivity contribution >= 4 is 28.8 Å². The van der Waals surface area contributed by atoms with Crippen LogP contribution in [0.5, 0.6) is 0 Å². The molecule has 2 aliphatic heterocycles. The minimum atomic E-state index is -0.219. The molecule has 2 amide bonds. The van der Waals surface area contributed by atoms with Gasteiger partial charge < -0.3 is 30.2 Å². The molecule has 0 atom stereocenters. The molecule has 0 unspecified atom stereocenters. The van der Waals surface area contributed by atoms with E-state index in [1.165, 1.54) is 22.5 Å². The van der Waals surface area contributed by atoms with Crippen molar-refractivity contribution in [1.82, 2.24) is 9.80 Å². The zero-order valence-electron chi connectivity index (χ0n) is 19.8. The molecule has 2 N–H and O–H groups in total. The molecule has 32 heavy (non-hydrogen) atoms. The van der Waals surface area contributed by atoms with E-state index in [0.717, 1.165) is 63.7 Å². The molecule has 0 saturated carbocycles. The molecule has 0 bridgehead atoms. The molecular formula is C25H36N6O. The molecule has 0 radical (unpaired) electrons. The number of hydrogen-bond donors (Lipinski definition) is 2. The van der Waals surface area contributed by atoms with Gasteiger partial charge in [-0.05, 0) is 75.5 Å². The lowest BCUT2D eigenvalue weighted by molar-refractivity contribution is 0.262. The van der Waals surface area contributed by atoms with Gasteiger partial charge in [-0.2, -0.15) is 0 Å². The van der Waals surface area contributed by atoms with Gasteiger partial charge in [0.05, 0.1) is 0 Å². The third-order valence-corrected chi connectivity index (χ3v) is 6.60. The summed E-state index contributed by atoms with van der Waals surface area (Å²) in [6.45, 7) is 12.7. The normalized spacial score (nSPS) is 18.0. The predicted molar refractivity (Wildman–Crippen MR) is 134 cm³/mol. The second-order valence-corrected chi connectivity index (χ2v) is 9.16. The number of benzene rings is 2. The molecule has 2 saturated heterocycles. The lowest BCUT2D eigenvalue weighted by Crippen LogP contribution is -2.44. The fraction of sp³-hybridized carbons (Fsp3) is 0.480. The molecule has 0 aromatic heterocycles. The number of amides is 2. The van der Waals surface area contributed by atoms with Crippen LogP contribution >= 0.6 is 0 Å². The number of nitrogens with zero attached hydrogens (tertiary/aromatic N) is 4. The number of hydrogen-bond acceptors (Lipinski definition) is 5. The molecule has 0 spiro atoms. The first-order valence-electron chi connectivity index (χ1n) is 11.6. The molecular weight excluding hydrogens is 400 g/mol. The summed E-state index contributed by atoms with van der Waals surface area (Å²) in [6, 6.07) is 12.1. The minimum absolute atomic E-state index is 0.219. The van der Waals surface area contributed by atoms with Crippen LogP contribution in [0.15, 0.2) is 36.4 Å². The van der Waals surface area contributed by atoms with E-state index in [2.05, 4.69) is 82.4 Å². The molecule has 7 heteroatoms. The van der Waals surface area contributed by atoms with E-state index in [0.29, 0.717) is 0 Å². The molecule has 2 aliphatic rings. The van der Waals surface area contributed by atoms with E-state index in [-0.39, 0.29) is 6.03 Å². The Morgan fingerprint density at radius 3 is 1.38 bits per heavy atom. The van der Waals surface area contributed by atoms with Gasteiger partial charge in [0, 0.05) is 75.1 Å². The van der Waals surface area contributed by atoms with Crippen molar-refractivity contribution < 1.29 is 4.79 Å². The van der Waals surface area contributed by atoms with Crippen molar-refractivity contribution in [2.75, 3.05) is 86.9 Å². The van der Waals surface area contributed by atoms with Gasteiger partial charge in [0.2, 0.25) is 0 Å². The Bertz CT molecular complexity index is 870. The topological polar surface area (TPSA) is 54.1 Å². The summed E-state index contributed by atoms with van der Waals surface area (Å²) in [7, 11) is 4.33. The van der Waals surface area contributed by atoms with Crippen LogP contribution in [0.3, 0.4) is 0 Å². The van der Waals surface area contributed by atoms with E-state index in [1.54, 1.807) is 0 Å². The highest BCUT2D eigenvalue weighted by molar-refractivity contribution is 6.00. The molecule has 2 fully saturated rings. The third kappa shape index (κ3) is 5.34. The first kappa shape index (κ1) is 22.4. The quantitative estimate of drug-likeness (QED) is 0.769. The smallest absolute Gasteiger partial charge is 0.323 e. The Hall–Kier alpha value is -2.77. The van der Waals surface area contributed by atoms with E-state index in [9.17, 15) is 4.79 Å². The molecule has 2 heterocycles. The number of urea groups is 1. The SMILES string of the molecule is Cc1cc(NC(=O)Nc2ccc(N3CCN(C)CC3)c(C)c2)ccc1N1CCN(C)CC1. The van der Waals surface area contributed by atoms with Crippen molar-refractivity contribution in [3.8, 4) is 0 Å². The van der Waals surface area contributed by atoms with Gasteiger partial charge in [-0.3, -0.25) is 0 Å². The number of carbonyl (C=O) groups is 1. The molecule has 0 aliphatic carbocycles. The van der Waals surface area contributed by atoms with Crippen LogP contribution in [0.4, 0.5) is 27.5 Å². The summed E-state index contributed by atoms with van der Waals surface area (Å²) < 4.78 is 0. The van der Waals surface area contributed by atoms with Gasteiger partial charge in [-0.15, -0.1) is 0 Å². The summed E-state index contributed by atoms with van der Waals surface area (Å²) in [5.41, 5.74) is 6.48. The van der Waals surface area contributed by atoms with Crippen molar-refractivity contribution in [2.24, 2.45) is 0 Å². The Morgan fingerprint density at radius 2 is 1.03 bits per heavy atom. The summed E-state index contributed by atoms with van der Waals surface area (Å²) in [4.78, 5) is 22.1. The highest BCUT2D eigenvalue weighted by Gasteiger charge is 2.17. The van der Waals surface area contributed by atoms with Crippen LogP contribution in [0.1, 0.15) is 11.1 Å². The Kier molecular flexibility index (Phi) is 6.86. The number of carbonyl (C=O) groups excluding carboxylic acids is 1. The average Bonchev–Trinajstić information content (AvgIpc) is 2.76. The average molecular weight is 437 g/mol. The zero-order valence-corrected chi connectivity index (χ0v) is 19.8. The van der Waals surface area contributed by atoms with E-state index in [1.807, 2.05) is 12.1 Å². The van der Waals surface area contributed by atoms with E-state index in [4.69, 9.17) is 0 Å². The number of rotatable bonds is 4. The Balaban J connectivity index is 1.35. The van der Waals surface area contributed by atoms with Crippen LogP contribution in [0.25, 0.3) is 0 Å². The molecule has 2 aromatic rings. The molecule has 4 rings (SSSR count). The molecule has 2 aromatic carbocycles. The number of anilines is 4. The molecule has 172 valence electrons. The van der Waals surface area contributed by atoms with Gasteiger partial charge in [0.1, 0.15) is 0 Å². The first-order chi connectivity index (χ1) is 15.4. The van der Waals surface area contributed by atoms with Gasteiger partial charge in [0.15, 0.2) is 0 Å². The lowest BCUT2D eigenvalue weighted by atomic mass is 10.1. The van der Waals surface area contributed by atoms with Crippen LogP contribution in [-0.4, -0.2) is 82.3 Å². The number of piperazine rings is 2. The maximum Gasteiger partial charge on any atom is 0.323 e. The highest BCUT2D eigenvalue weighted by atomic mass is 16.2. The largest absolute Gasteiger partial charge is 0.369 e.